The van der Waals surface area contributed by atoms with Crippen molar-refractivity contribution in [3.8, 4) is 0 Å². The van der Waals surface area contributed by atoms with E-state index in [-0.39, 0.29) is 0 Å². The van der Waals surface area contributed by atoms with Crippen molar-refractivity contribution in [3.63, 3.8) is 0 Å². The van der Waals surface area contributed by atoms with Crippen molar-refractivity contribution in [1.29, 1.82) is 0 Å². The summed E-state index contributed by atoms with van der Waals surface area (Å²) in [6.45, 7) is 3.13. The molecule has 0 aliphatic heterocycles. The van der Waals surface area contributed by atoms with Crippen LogP contribution < -0.4 is 0 Å². The Morgan fingerprint density at radius 1 is 0.844 bits per heavy atom. The summed E-state index contributed by atoms with van der Waals surface area (Å²) in [7, 11) is 0. The van der Waals surface area contributed by atoms with Crippen molar-refractivity contribution >= 4 is 25.1 Å². The molecule has 32 heavy (non-hydrogen) atoms. The van der Waals surface area contributed by atoms with Crippen LogP contribution in [-0.4, -0.2) is 25.1 Å². The molecule has 3 aliphatic carbocycles. The average molecular weight is 541 g/mol. The zero-order valence-corrected chi connectivity index (χ0v) is 24.8. The third-order valence-corrected chi connectivity index (χ3v) is 14.3. The zero-order chi connectivity index (χ0) is 22.8. The van der Waals surface area contributed by atoms with Crippen LogP contribution in [0.4, 0.5) is 0 Å². The van der Waals surface area contributed by atoms with Gasteiger partial charge in [0.05, 0.1) is 0 Å². The maximum absolute atomic E-state index is 3.91. The predicted molar refractivity (Wildman–Crippen MR) is 149 cm³/mol. The summed E-state index contributed by atoms with van der Waals surface area (Å²) < 4.78 is 1.80. The molecule has 0 amide bonds. The summed E-state index contributed by atoms with van der Waals surface area (Å²) in [5, 5.41) is 0. The van der Waals surface area contributed by atoms with Crippen molar-refractivity contribution < 1.29 is 0 Å². The molecule has 0 aromatic rings. The molecule has 0 aromatic heterocycles. The molecule has 3 aliphatic rings. The van der Waals surface area contributed by atoms with Crippen LogP contribution in [0.25, 0.3) is 0 Å². The standard InChI is InChI=1S/C27H42B.3CH3.Sn/c1-2-3-7-18-27(23-14-17-24-15-8-4-9-16-24)28(25-19-10-5-11-20-25)26-21-12-6-13-22-26;;;;/h7,14,18,25-26H,2-6,8-13,15-16,19-22H2,1H3;3*1H3;/b18-7+,27-23?;;;;. The Kier molecular flexibility index (Phi) is 11.3. The van der Waals surface area contributed by atoms with Gasteiger partial charge in [0.15, 0.2) is 0 Å². The molecule has 0 spiro atoms. The first-order valence-electron chi connectivity index (χ1n) is 14.4. The van der Waals surface area contributed by atoms with Gasteiger partial charge in [-0.05, 0) is 0 Å². The van der Waals surface area contributed by atoms with E-state index in [0.717, 1.165) is 18.3 Å². The van der Waals surface area contributed by atoms with E-state index in [9.17, 15) is 0 Å². The molecule has 3 saturated carbocycles. The second-order valence-electron chi connectivity index (χ2n) is 12.1. The Balaban J connectivity index is 2.10. The molecule has 0 nitrogen and oxygen atoms in total. The molecule has 0 heterocycles. The minimum absolute atomic E-state index is 0.809. The van der Waals surface area contributed by atoms with Gasteiger partial charge < -0.3 is 0 Å². The van der Waals surface area contributed by atoms with E-state index in [1.165, 1.54) is 109 Å². The second-order valence-corrected chi connectivity index (χ2v) is 26.5. The van der Waals surface area contributed by atoms with E-state index in [1.807, 2.05) is 0 Å². The predicted octanol–water partition coefficient (Wildman–Crippen LogP) is 10.3. The van der Waals surface area contributed by atoms with Crippen molar-refractivity contribution in [2.75, 3.05) is 0 Å². The summed E-state index contributed by atoms with van der Waals surface area (Å²) >= 11 is -2.33. The SMILES string of the molecule is CCC/C=C/C(B(C1CCCCC1)C1CCCCC1)=[C](\C=C=C1CCCCC1)[Sn]([CH3])([CH3])[CH3]. The van der Waals surface area contributed by atoms with Gasteiger partial charge in [0, 0.05) is 0 Å². The molecule has 0 unspecified atom stereocenters. The number of hydrogen-bond acceptors (Lipinski definition) is 0. The molecule has 0 bridgehead atoms. The molecular weight excluding hydrogens is 490 g/mol. The number of unbranched alkanes of at least 4 members (excludes halogenated alkanes) is 1. The first-order chi connectivity index (χ1) is 15.5. The second kappa shape index (κ2) is 13.7. The molecule has 0 radical (unpaired) electrons. The monoisotopic (exact) mass is 542 g/mol. The third kappa shape index (κ3) is 7.97. The van der Waals surface area contributed by atoms with Gasteiger partial charge in [0.2, 0.25) is 0 Å². The zero-order valence-electron chi connectivity index (χ0n) is 22.0. The number of hydrogen-bond donors (Lipinski definition) is 0. The van der Waals surface area contributed by atoms with E-state index in [1.54, 1.807) is 14.6 Å². The summed E-state index contributed by atoms with van der Waals surface area (Å²) in [4.78, 5) is 7.96. The van der Waals surface area contributed by atoms with Gasteiger partial charge in [0.25, 0.3) is 0 Å². The molecule has 3 rings (SSSR count). The van der Waals surface area contributed by atoms with Gasteiger partial charge in [-0.3, -0.25) is 0 Å². The molecule has 0 aromatic carbocycles. The summed E-state index contributed by atoms with van der Waals surface area (Å²) in [6, 6.07) is 0. The topological polar surface area (TPSA) is 0 Å². The summed E-state index contributed by atoms with van der Waals surface area (Å²) in [6.07, 6.45) is 31.7. The van der Waals surface area contributed by atoms with Crippen molar-refractivity contribution in [3.05, 3.63) is 38.6 Å². The Morgan fingerprint density at radius 3 is 1.88 bits per heavy atom. The molecule has 0 saturated heterocycles. The fourth-order valence-electron chi connectivity index (χ4n) is 6.67. The van der Waals surface area contributed by atoms with Crippen molar-refractivity contribution in [2.24, 2.45) is 0 Å². The average Bonchev–Trinajstić information content (AvgIpc) is 2.80. The van der Waals surface area contributed by atoms with Crippen LogP contribution >= 0.6 is 0 Å². The quantitative estimate of drug-likeness (QED) is 0.163. The van der Waals surface area contributed by atoms with Crippen LogP contribution in [0.1, 0.15) is 116 Å². The van der Waals surface area contributed by atoms with Gasteiger partial charge in [-0.15, -0.1) is 0 Å². The third-order valence-electron chi connectivity index (χ3n) is 8.42. The van der Waals surface area contributed by atoms with Crippen LogP contribution in [-0.2, 0) is 0 Å². The fourth-order valence-corrected chi connectivity index (χ4v) is 11.3. The Morgan fingerprint density at radius 2 is 1.38 bits per heavy atom. The number of allylic oxidation sites excluding steroid dienone is 5. The van der Waals surface area contributed by atoms with Crippen molar-refractivity contribution in [2.45, 2.75) is 143 Å². The number of rotatable bonds is 8. The van der Waals surface area contributed by atoms with Crippen LogP contribution in [0.15, 0.2) is 38.6 Å². The van der Waals surface area contributed by atoms with Gasteiger partial charge in [0.1, 0.15) is 0 Å². The summed E-state index contributed by atoms with van der Waals surface area (Å²) in [5.74, 6) is 1.85. The van der Waals surface area contributed by atoms with Crippen LogP contribution in [0.5, 0.6) is 0 Å². The van der Waals surface area contributed by atoms with Gasteiger partial charge in [-0.2, -0.15) is 0 Å². The fraction of sp³-hybridized carbons (Fsp3) is 0.767. The normalized spacial score (nSPS) is 22.6. The van der Waals surface area contributed by atoms with E-state index < -0.39 is 18.4 Å². The van der Waals surface area contributed by atoms with Gasteiger partial charge in [-0.25, -0.2) is 0 Å². The van der Waals surface area contributed by atoms with Crippen LogP contribution in [0.2, 0.25) is 26.5 Å². The molecule has 0 atom stereocenters. The molecular formula is C30H51BSn. The first kappa shape index (κ1) is 26.5. The van der Waals surface area contributed by atoms with Crippen molar-refractivity contribution in [1.82, 2.24) is 0 Å². The van der Waals surface area contributed by atoms with Gasteiger partial charge in [-0.1, -0.05) is 0 Å². The van der Waals surface area contributed by atoms with Crippen LogP contribution in [0, 0.1) is 0 Å². The van der Waals surface area contributed by atoms with E-state index in [2.05, 4.69) is 45.7 Å². The van der Waals surface area contributed by atoms with Crippen LogP contribution in [0.3, 0.4) is 0 Å². The first-order valence-corrected chi connectivity index (χ1v) is 24.3. The summed E-state index contributed by atoms with van der Waals surface area (Å²) in [5.41, 5.74) is 7.31. The van der Waals surface area contributed by atoms with E-state index in [4.69, 9.17) is 0 Å². The molecule has 2 heteroatoms. The maximum atomic E-state index is 3.91. The molecule has 178 valence electrons. The van der Waals surface area contributed by atoms with E-state index in [0.29, 0.717) is 0 Å². The Hall–Kier alpha value is -0.136. The molecule has 0 N–H and O–H groups in total. The van der Waals surface area contributed by atoms with Gasteiger partial charge >= 0.3 is 206 Å². The molecule has 3 fully saturated rings. The Bertz CT molecular complexity index is 663. The Labute approximate surface area is 205 Å². The minimum atomic E-state index is -2.33. The van der Waals surface area contributed by atoms with E-state index >= 15 is 0 Å².